The molecule has 1 heteroatoms. The number of carbonyl (C=O) groups is 1. The molecule has 1 fully saturated rings. The summed E-state index contributed by atoms with van der Waals surface area (Å²) in [4.78, 5) is 11.8. The van der Waals surface area contributed by atoms with E-state index in [1.807, 2.05) is 0 Å². The number of hydrogen-bond acceptors (Lipinski definition) is 1. The van der Waals surface area contributed by atoms with Crippen molar-refractivity contribution in [3.63, 3.8) is 0 Å². The second-order valence-electron chi connectivity index (χ2n) is 7.37. The van der Waals surface area contributed by atoms with E-state index in [4.69, 9.17) is 0 Å². The Morgan fingerprint density at radius 3 is 2.58 bits per heavy atom. The van der Waals surface area contributed by atoms with E-state index in [0.29, 0.717) is 11.8 Å². The maximum Gasteiger partial charge on any atom is 0.126 e. The van der Waals surface area contributed by atoms with Crippen LogP contribution in [0.15, 0.2) is 11.1 Å². The topological polar surface area (TPSA) is 17.1 Å². The number of allylic oxidation sites excluding steroid dienone is 2. The Bertz CT molecular complexity index is 392. The van der Waals surface area contributed by atoms with Crippen LogP contribution in [-0.2, 0) is 4.79 Å². The Morgan fingerprint density at radius 2 is 2.05 bits per heavy atom. The Balaban J connectivity index is 2.47. The number of hydrogen-bond donors (Lipinski definition) is 0. The summed E-state index contributed by atoms with van der Waals surface area (Å²) in [6, 6.07) is 0. The lowest BCUT2D eigenvalue weighted by atomic mass is 9.48. The predicted octanol–water partition coefficient (Wildman–Crippen LogP) is 5.15. The van der Waals surface area contributed by atoms with Crippen LogP contribution in [0.5, 0.6) is 0 Å². The fourth-order valence-corrected chi connectivity index (χ4v) is 5.05. The molecule has 19 heavy (non-hydrogen) atoms. The van der Waals surface area contributed by atoms with E-state index in [2.05, 4.69) is 34.6 Å². The van der Waals surface area contributed by atoms with E-state index >= 15 is 0 Å². The summed E-state index contributed by atoms with van der Waals surface area (Å²) in [7, 11) is 0. The third-order valence-corrected chi connectivity index (χ3v) is 6.43. The van der Waals surface area contributed by atoms with Crippen LogP contribution in [0.1, 0.15) is 73.1 Å². The predicted molar refractivity (Wildman–Crippen MR) is 81.0 cm³/mol. The van der Waals surface area contributed by atoms with Gasteiger partial charge in [0.15, 0.2) is 0 Å². The van der Waals surface area contributed by atoms with Crippen molar-refractivity contribution in [3.05, 3.63) is 11.1 Å². The molecule has 0 bridgehead atoms. The van der Waals surface area contributed by atoms with Gasteiger partial charge in [-0.05, 0) is 56.3 Å². The van der Waals surface area contributed by atoms with Gasteiger partial charge in [0.2, 0.25) is 0 Å². The minimum atomic E-state index is -0.0449. The molecule has 1 nitrogen and oxygen atoms in total. The molecule has 0 spiro atoms. The van der Waals surface area contributed by atoms with Gasteiger partial charge in [0.25, 0.3) is 0 Å². The molecule has 0 aromatic rings. The highest BCUT2D eigenvalue weighted by Crippen LogP contribution is 2.60. The molecule has 3 atom stereocenters. The van der Waals surface area contributed by atoms with Crippen LogP contribution in [0.2, 0.25) is 0 Å². The van der Waals surface area contributed by atoms with Crippen molar-refractivity contribution < 1.29 is 4.79 Å². The third kappa shape index (κ3) is 2.10. The minimum Gasteiger partial charge on any atom is -0.303 e. The number of rotatable bonds is 3. The van der Waals surface area contributed by atoms with Gasteiger partial charge >= 0.3 is 0 Å². The highest BCUT2D eigenvalue weighted by Gasteiger charge is 2.52. The van der Waals surface area contributed by atoms with E-state index in [1.54, 1.807) is 11.1 Å². The summed E-state index contributed by atoms with van der Waals surface area (Å²) >= 11 is 0. The van der Waals surface area contributed by atoms with Crippen molar-refractivity contribution in [3.8, 4) is 0 Å². The fourth-order valence-electron chi connectivity index (χ4n) is 5.05. The van der Waals surface area contributed by atoms with Gasteiger partial charge in [0.1, 0.15) is 6.29 Å². The highest BCUT2D eigenvalue weighted by atomic mass is 16.1. The maximum atomic E-state index is 11.8. The van der Waals surface area contributed by atoms with Crippen molar-refractivity contribution in [2.75, 3.05) is 0 Å². The van der Waals surface area contributed by atoms with Gasteiger partial charge in [0.05, 0.1) is 0 Å². The second kappa shape index (κ2) is 5.07. The van der Waals surface area contributed by atoms with E-state index in [9.17, 15) is 4.79 Å². The lowest BCUT2D eigenvalue weighted by Crippen LogP contribution is -2.48. The zero-order valence-corrected chi connectivity index (χ0v) is 13.4. The van der Waals surface area contributed by atoms with Crippen LogP contribution in [0.25, 0.3) is 0 Å². The van der Waals surface area contributed by atoms with Gasteiger partial charge in [-0.25, -0.2) is 0 Å². The third-order valence-electron chi connectivity index (χ3n) is 6.43. The van der Waals surface area contributed by atoms with Gasteiger partial charge in [0, 0.05) is 5.41 Å². The largest absolute Gasteiger partial charge is 0.303 e. The molecule has 3 unspecified atom stereocenters. The summed E-state index contributed by atoms with van der Waals surface area (Å²) in [5.41, 5.74) is 3.50. The summed E-state index contributed by atoms with van der Waals surface area (Å²) in [6.07, 6.45) is 8.34. The molecule has 0 heterocycles. The summed E-state index contributed by atoms with van der Waals surface area (Å²) < 4.78 is 0. The normalized spacial score (nSPS) is 39.4. The molecule has 0 aliphatic heterocycles. The van der Waals surface area contributed by atoms with Gasteiger partial charge in [-0.3, -0.25) is 0 Å². The van der Waals surface area contributed by atoms with Crippen LogP contribution >= 0.6 is 0 Å². The van der Waals surface area contributed by atoms with Crippen LogP contribution < -0.4 is 0 Å². The Labute approximate surface area is 118 Å². The van der Waals surface area contributed by atoms with Crippen molar-refractivity contribution in [2.24, 2.45) is 22.7 Å². The van der Waals surface area contributed by atoms with Crippen LogP contribution in [-0.4, -0.2) is 6.29 Å². The second-order valence-corrected chi connectivity index (χ2v) is 7.37. The lowest BCUT2D eigenvalue weighted by molar-refractivity contribution is -0.127. The van der Waals surface area contributed by atoms with Gasteiger partial charge in [-0.1, -0.05) is 45.3 Å². The van der Waals surface area contributed by atoms with Crippen molar-refractivity contribution >= 4 is 6.29 Å². The SMILES string of the molecule is CCC1(C=O)CCCC2(C)C(C)=C(C(C)C)CCC12. The molecule has 2 aliphatic carbocycles. The fraction of sp³-hybridized carbons (Fsp3) is 0.833. The van der Waals surface area contributed by atoms with Crippen molar-refractivity contribution in [1.82, 2.24) is 0 Å². The molecule has 0 saturated heterocycles. The molecular formula is C18H30O. The van der Waals surface area contributed by atoms with E-state index in [1.165, 1.54) is 32.0 Å². The number of carbonyl (C=O) groups excluding carboxylic acids is 1. The first kappa shape index (κ1) is 14.8. The number of fused-ring (bicyclic) bond motifs is 1. The molecule has 2 rings (SSSR count). The lowest BCUT2D eigenvalue weighted by Gasteiger charge is -2.55. The number of aldehydes is 1. The van der Waals surface area contributed by atoms with E-state index in [-0.39, 0.29) is 10.8 Å². The monoisotopic (exact) mass is 262 g/mol. The van der Waals surface area contributed by atoms with E-state index in [0.717, 1.165) is 12.8 Å². The maximum absolute atomic E-state index is 11.8. The molecule has 108 valence electrons. The Morgan fingerprint density at radius 1 is 1.37 bits per heavy atom. The van der Waals surface area contributed by atoms with E-state index < -0.39 is 0 Å². The molecule has 0 amide bonds. The van der Waals surface area contributed by atoms with Crippen molar-refractivity contribution in [2.45, 2.75) is 73.1 Å². The zero-order chi connectivity index (χ0) is 14.3. The minimum absolute atomic E-state index is 0.0449. The average molecular weight is 262 g/mol. The molecule has 0 radical (unpaired) electrons. The van der Waals surface area contributed by atoms with Gasteiger partial charge in [-0.15, -0.1) is 0 Å². The first-order valence-electron chi connectivity index (χ1n) is 8.07. The Kier molecular flexibility index (Phi) is 3.95. The van der Waals surface area contributed by atoms with Crippen LogP contribution in [0.4, 0.5) is 0 Å². The molecule has 0 aromatic carbocycles. The first-order valence-corrected chi connectivity index (χ1v) is 8.07. The van der Waals surface area contributed by atoms with Gasteiger partial charge < -0.3 is 4.79 Å². The summed E-state index contributed by atoms with van der Waals surface area (Å²) in [5.74, 6) is 1.23. The molecular weight excluding hydrogens is 232 g/mol. The average Bonchev–Trinajstić information content (AvgIpc) is 2.39. The van der Waals surface area contributed by atoms with Crippen LogP contribution in [0, 0.1) is 22.7 Å². The van der Waals surface area contributed by atoms with Crippen LogP contribution in [0.3, 0.4) is 0 Å². The zero-order valence-electron chi connectivity index (χ0n) is 13.4. The smallest absolute Gasteiger partial charge is 0.126 e. The molecule has 2 aliphatic rings. The molecule has 1 saturated carbocycles. The summed E-state index contributed by atoms with van der Waals surface area (Å²) in [6.45, 7) is 11.6. The van der Waals surface area contributed by atoms with Gasteiger partial charge in [-0.2, -0.15) is 0 Å². The Hall–Kier alpha value is -0.590. The first-order chi connectivity index (χ1) is 8.91. The molecule has 0 aromatic heterocycles. The van der Waals surface area contributed by atoms with Crippen molar-refractivity contribution in [1.29, 1.82) is 0 Å². The highest BCUT2D eigenvalue weighted by molar-refractivity contribution is 5.61. The standard InChI is InChI=1S/C18H30O/c1-6-18(12-19)11-7-10-17(5)14(4)15(13(2)3)8-9-16(17)18/h12-13,16H,6-11H2,1-5H3. The summed E-state index contributed by atoms with van der Waals surface area (Å²) in [5, 5.41) is 0. The quantitative estimate of drug-likeness (QED) is 0.507. The molecule has 0 N–H and O–H groups in total.